The van der Waals surface area contributed by atoms with E-state index in [-0.39, 0.29) is 17.9 Å². The molecule has 24 heavy (non-hydrogen) atoms. The molecule has 138 valence electrons. The van der Waals surface area contributed by atoms with Gasteiger partial charge in [0.25, 0.3) is 0 Å². The first kappa shape index (κ1) is 20.7. The summed E-state index contributed by atoms with van der Waals surface area (Å²) in [5.74, 6) is 0.0911. The largest absolute Gasteiger partial charge is 0.356 e. The predicted molar refractivity (Wildman–Crippen MR) is 99.7 cm³/mol. The van der Waals surface area contributed by atoms with Crippen molar-refractivity contribution in [3.63, 3.8) is 0 Å². The van der Waals surface area contributed by atoms with E-state index in [9.17, 15) is 9.59 Å². The molecule has 1 heterocycles. The van der Waals surface area contributed by atoms with E-state index >= 15 is 0 Å². The van der Waals surface area contributed by atoms with Crippen molar-refractivity contribution in [3.05, 3.63) is 12.2 Å². The lowest BCUT2D eigenvalue weighted by Crippen LogP contribution is -2.43. The molecule has 0 spiro atoms. The van der Waals surface area contributed by atoms with Crippen LogP contribution in [0.5, 0.6) is 0 Å². The predicted octanol–water partition coefficient (Wildman–Crippen LogP) is 4.10. The molecule has 0 aliphatic carbocycles. The summed E-state index contributed by atoms with van der Waals surface area (Å²) >= 11 is 0. The molecule has 1 atom stereocenters. The Bertz CT molecular complexity index is 416. The molecule has 0 aromatic rings. The molecule has 0 aromatic heterocycles. The molecule has 0 saturated carbocycles. The van der Waals surface area contributed by atoms with E-state index in [4.69, 9.17) is 0 Å². The number of amides is 2. The van der Waals surface area contributed by atoms with Gasteiger partial charge in [0.15, 0.2) is 0 Å². The van der Waals surface area contributed by atoms with Gasteiger partial charge >= 0.3 is 0 Å². The second-order valence-electron chi connectivity index (χ2n) is 7.63. The normalized spacial score (nSPS) is 19.1. The van der Waals surface area contributed by atoms with Crippen molar-refractivity contribution in [2.24, 2.45) is 5.41 Å². The van der Waals surface area contributed by atoms with Crippen LogP contribution in [0.25, 0.3) is 0 Å². The quantitative estimate of drug-likeness (QED) is 0.466. The van der Waals surface area contributed by atoms with Crippen LogP contribution in [0.15, 0.2) is 12.2 Å². The van der Waals surface area contributed by atoms with Crippen LogP contribution >= 0.6 is 0 Å². The molecule has 0 bridgehead atoms. The van der Waals surface area contributed by atoms with Crippen LogP contribution in [0.1, 0.15) is 85.0 Å². The van der Waals surface area contributed by atoms with E-state index in [1.54, 1.807) is 0 Å². The highest BCUT2D eigenvalue weighted by Crippen LogP contribution is 2.22. The van der Waals surface area contributed by atoms with Crippen molar-refractivity contribution >= 4 is 11.8 Å². The number of rotatable bonds is 10. The highest BCUT2D eigenvalue weighted by molar-refractivity contribution is 5.83. The Morgan fingerprint density at radius 3 is 2.75 bits per heavy atom. The van der Waals surface area contributed by atoms with Crippen molar-refractivity contribution in [2.45, 2.75) is 91.0 Å². The zero-order chi connectivity index (χ0) is 17.8. The van der Waals surface area contributed by atoms with Gasteiger partial charge in [-0.25, -0.2) is 0 Å². The van der Waals surface area contributed by atoms with E-state index in [1.807, 2.05) is 13.8 Å². The van der Waals surface area contributed by atoms with Crippen LogP contribution in [-0.2, 0) is 9.59 Å². The van der Waals surface area contributed by atoms with Crippen molar-refractivity contribution in [3.8, 4) is 0 Å². The smallest absolute Gasteiger partial charge is 0.226 e. The number of nitrogens with one attached hydrogen (secondary N) is 2. The van der Waals surface area contributed by atoms with Crippen molar-refractivity contribution in [1.29, 1.82) is 0 Å². The van der Waals surface area contributed by atoms with Crippen molar-refractivity contribution in [2.75, 3.05) is 6.54 Å². The van der Waals surface area contributed by atoms with Gasteiger partial charge in [-0.3, -0.25) is 9.59 Å². The molecule has 2 amide bonds. The molecule has 4 nitrogen and oxygen atoms in total. The lowest BCUT2D eigenvalue weighted by atomic mass is 9.87. The minimum atomic E-state index is -0.429. The van der Waals surface area contributed by atoms with E-state index < -0.39 is 5.41 Å². The number of unbranched alkanes of at least 4 members (excludes halogenated alkanes) is 5. The second kappa shape index (κ2) is 11.3. The SMILES string of the molecule is CCCCCCC/C=C/CC(C)(C)C(=O)N[C@H]1CCCNC(=O)C1. The molecule has 2 N–H and O–H groups in total. The fourth-order valence-electron chi connectivity index (χ4n) is 2.93. The fraction of sp³-hybridized carbons (Fsp3) is 0.800. The van der Waals surface area contributed by atoms with Gasteiger partial charge in [-0.2, -0.15) is 0 Å². The Morgan fingerprint density at radius 2 is 2.00 bits per heavy atom. The molecule has 0 radical (unpaired) electrons. The molecule has 4 heteroatoms. The van der Waals surface area contributed by atoms with E-state index in [0.717, 1.165) is 32.2 Å². The monoisotopic (exact) mass is 336 g/mol. The first-order chi connectivity index (χ1) is 11.5. The third-order valence-electron chi connectivity index (χ3n) is 4.70. The standard InChI is InChI=1S/C20H36N2O2/c1-4-5-6-7-8-9-10-11-14-20(2,3)19(24)22-17-13-12-15-21-18(23)16-17/h10-11,17H,4-9,12-16H2,1-3H3,(H,21,23)(H,22,24)/b11-10+/t17-/m0/s1. The van der Waals surface area contributed by atoms with Crippen LogP contribution < -0.4 is 10.6 Å². The van der Waals surface area contributed by atoms with Gasteiger partial charge in [0.2, 0.25) is 11.8 Å². The second-order valence-corrected chi connectivity index (χ2v) is 7.63. The maximum absolute atomic E-state index is 12.5. The van der Waals surface area contributed by atoms with Gasteiger partial charge < -0.3 is 10.6 Å². The number of hydrogen-bond acceptors (Lipinski definition) is 2. The summed E-state index contributed by atoms with van der Waals surface area (Å²) in [5.41, 5.74) is -0.429. The van der Waals surface area contributed by atoms with Gasteiger partial charge in [0.1, 0.15) is 0 Å². The average Bonchev–Trinajstić information content (AvgIpc) is 2.74. The minimum Gasteiger partial charge on any atom is -0.356 e. The molecule has 1 aliphatic rings. The van der Waals surface area contributed by atoms with Crippen LogP contribution in [0, 0.1) is 5.41 Å². The summed E-state index contributed by atoms with van der Waals surface area (Å²) in [7, 11) is 0. The zero-order valence-corrected chi connectivity index (χ0v) is 15.8. The van der Waals surface area contributed by atoms with Crippen LogP contribution in [0.3, 0.4) is 0 Å². The Hall–Kier alpha value is -1.32. The van der Waals surface area contributed by atoms with E-state index in [2.05, 4.69) is 29.7 Å². The van der Waals surface area contributed by atoms with Crippen LogP contribution in [-0.4, -0.2) is 24.4 Å². The number of carbonyl (C=O) groups is 2. The Morgan fingerprint density at radius 1 is 1.25 bits per heavy atom. The Labute approximate surface area is 147 Å². The molecule has 0 aromatic carbocycles. The molecular formula is C20H36N2O2. The fourth-order valence-corrected chi connectivity index (χ4v) is 2.93. The van der Waals surface area contributed by atoms with Gasteiger partial charge in [-0.15, -0.1) is 0 Å². The topological polar surface area (TPSA) is 58.2 Å². The summed E-state index contributed by atoms with van der Waals surface area (Å²) < 4.78 is 0. The number of allylic oxidation sites excluding steroid dienone is 2. The third kappa shape index (κ3) is 8.51. The van der Waals surface area contributed by atoms with E-state index in [1.165, 1.54) is 32.1 Å². The van der Waals surface area contributed by atoms with Crippen molar-refractivity contribution in [1.82, 2.24) is 10.6 Å². The Kier molecular flexibility index (Phi) is 9.73. The maximum Gasteiger partial charge on any atom is 0.226 e. The summed E-state index contributed by atoms with van der Waals surface area (Å²) in [6.07, 6.45) is 14.9. The molecule has 1 aliphatic heterocycles. The van der Waals surface area contributed by atoms with Gasteiger partial charge in [-0.1, -0.05) is 58.6 Å². The average molecular weight is 337 g/mol. The van der Waals surface area contributed by atoms with Crippen LogP contribution in [0.2, 0.25) is 0 Å². The number of carbonyl (C=O) groups excluding carboxylic acids is 2. The summed E-state index contributed by atoms with van der Waals surface area (Å²) in [5, 5.41) is 5.92. The molecule has 1 rings (SSSR count). The number of hydrogen-bond donors (Lipinski definition) is 2. The minimum absolute atomic E-state index is 0.0261. The first-order valence-electron chi connectivity index (χ1n) is 9.68. The highest BCUT2D eigenvalue weighted by atomic mass is 16.2. The third-order valence-corrected chi connectivity index (χ3v) is 4.70. The highest BCUT2D eigenvalue weighted by Gasteiger charge is 2.29. The Balaban J connectivity index is 2.29. The first-order valence-corrected chi connectivity index (χ1v) is 9.68. The molecular weight excluding hydrogens is 300 g/mol. The lowest BCUT2D eigenvalue weighted by Gasteiger charge is -2.25. The van der Waals surface area contributed by atoms with E-state index in [0.29, 0.717) is 6.42 Å². The molecule has 1 fully saturated rings. The van der Waals surface area contributed by atoms with Gasteiger partial charge in [0.05, 0.1) is 0 Å². The molecule has 1 saturated heterocycles. The lowest BCUT2D eigenvalue weighted by molar-refractivity contribution is -0.130. The van der Waals surface area contributed by atoms with Gasteiger partial charge in [-0.05, 0) is 32.1 Å². The van der Waals surface area contributed by atoms with Crippen LogP contribution in [0.4, 0.5) is 0 Å². The molecule has 0 unspecified atom stereocenters. The maximum atomic E-state index is 12.5. The summed E-state index contributed by atoms with van der Waals surface area (Å²) in [6, 6.07) is -0.0261. The summed E-state index contributed by atoms with van der Waals surface area (Å²) in [4.78, 5) is 24.1. The zero-order valence-electron chi connectivity index (χ0n) is 15.8. The summed E-state index contributed by atoms with van der Waals surface area (Å²) in [6.45, 7) is 6.90. The van der Waals surface area contributed by atoms with Crippen molar-refractivity contribution < 1.29 is 9.59 Å². The van der Waals surface area contributed by atoms with Gasteiger partial charge in [0, 0.05) is 24.4 Å².